The van der Waals surface area contributed by atoms with Crippen molar-refractivity contribution in [3.8, 4) is 28.6 Å². The number of methoxy groups -OCH3 is 2. The van der Waals surface area contributed by atoms with E-state index >= 15 is 0 Å². The maximum atomic E-state index is 12.4. The fourth-order valence-corrected chi connectivity index (χ4v) is 2.69. The molecule has 0 amide bonds. The summed E-state index contributed by atoms with van der Waals surface area (Å²) in [5, 5.41) is 0.486. The third-order valence-corrected chi connectivity index (χ3v) is 3.92. The van der Waals surface area contributed by atoms with Crippen LogP contribution in [-0.4, -0.2) is 35.9 Å². The molecule has 0 fully saturated rings. The number of aromatic nitrogens is 2. The average molecular weight is 398 g/mol. The summed E-state index contributed by atoms with van der Waals surface area (Å²) < 4.78 is 21.2. The van der Waals surface area contributed by atoms with Gasteiger partial charge in [-0.15, -0.1) is 0 Å². The molecule has 0 aliphatic rings. The van der Waals surface area contributed by atoms with E-state index in [9.17, 15) is 9.59 Å². The number of benzene rings is 2. The Balaban J connectivity index is 2.07. The number of fused-ring (bicyclic) bond motifs is 1. The molecule has 1 aromatic heterocycles. The number of nitrogens with one attached hydrogen (secondary N) is 1. The molecule has 29 heavy (non-hydrogen) atoms. The number of hydrogen-bond acceptors (Lipinski definition) is 7. The molecule has 0 aliphatic heterocycles. The number of carbonyl (C=O) groups excluding carboxylic acids is 1. The summed E-state index contributed by atoms with van der Waals surface area (Å²) in [6.45, 7) is 5.19. The van der Waals surface area contributed by atoms with Gasteiger partial charge in [-0.1, -0.05) is 12.1 Å². The first kappa shape index (κ1) is 20.2. The molecule has 8 nitrogen and oxygen atoms in total. The minimum Gasteiger partial charge on any atom is -0.493 e. The van der Waals surface area contributed by atoms with E-state index in [2.05, 4.69) is 9.97 Å². The van der Waals surface area contributed by atoms with Crippen LogP contribution in [0.4, 0.5) is 4.79 Å². The number of nitrogens with zero attached hydrogens (tertiary/aromatic N) is 1. The number of hydrogen-bond donors (Lipinski definition) is 1. The topological polar surface area (TPSA) is 99.7 Å². The lowest BCUT2D eigenvalue weighted by molar-refractivity contribution is 0.0195. The molecule has 0 saturated heterocycles. The molecule has 152 valence electrons. The highest BCUT2D eigenvalue weighted by Gasteiger charge is 2.23. The maximum Gasteiger partial charge on any atom is 0.514 e. The van der Waals surface area contributed by atoms with Gasteiger partial charge in [0.2, 0.25) is 5.75 Å². The second-order valence-electron chi connectivity index (χ2n) is 7.21. The van der Waals surface area contributed by atoms with Crippen LogP contribution in [-0.2, 0) is 4.74 Å². The molecule has 0 spiro atoms. The van der Waals surface area contributed by atoms with Crippen molar-refractivity contribution in [2.45, 2.75) is 26.4 Å². The molecular weight excluding hydrogens is 376 g/mol. The van der Waals surface area contributed by atoms with E-state index in [-0.39, 0.29) is 22.8 Å². The van der Waals surface area contributed by atoms with Gasteiger partial charge >= 0.3 is 6.16 Å². The molecule has 1 heterocycles. The van der Waals surface area contributed by atoms with Crippen molar-refractivity contribution in [2.75, 3.05) is 14.2 Å². The van der Waals surface area contributed by atoms with Crippen LogP contribution in [0.5, 0.6) is 17.2 Å². The summed E-state index contributed by atoms with van der Waals surface area (Å²) in [5.74, 6) is 0.840. The van der Waals surface area contributed by atoms with Crippen LogP contribution in [0.1, 0.15) is 20.8 Å². The van der Waals surface area contributed by atoms with E-state index in [0.717, 1.165) is 0 Å². The van der Waals surface area contributed by atoms with Crippen LogP contribution in [0.3, 0.4) is 0 Å². The summed E-state index contributed by atoms with van der Waals surface area (Å²) in [4.78, 5) is 31.7. The Morgan fingerprint density at radius 3 is 2.24 bits per heavy atom. The maximum absolute atomic E-state index is 12.4. The summed E-state index contributed by atoms with van der Waals surface area (Å²) >= 11 is 0. The van der Waals surface area contributed by atoms with Gasteiger partial charge in [0.15, 0.2) is 11.5 Å². The van der Waals surface area contributed by atoms with E-state index in [0.29, 0.717) is 22.3 Å². The third kappa shape index (κ3) is 4.48. The van der Waals surface area contributed by atoms with Gasteiger partial charge in [0.05, 0.1) is 25.1 Å². The normalized spacial score (nSPS) is 11.2. The van der Waals surface area contributed by atoms with Gasteiger partial charge in [-0.3, -0.25) is 4.79 Å². The van der Waals surface area contributed by atoms with E-state index in [1.807, 2.05) is 0 Å². The molecule has 0 bridgehead atoms. The van der Waals surface area contributed by atoms with Crippen LogP contribution in [0.2, 0.25) is 0 Å². The summed E-state index contributed by atoms with van der Waals surface area (Å²) in [6.07, 6.45) is -0.890. The Morgan fingerprint density at radius 2 is 1.66 bits per heavy atom. The monoisotopic (exact) mass is 398 g/mol. The smallest absolute Gasteiger partial charge is 0.493 e. The first-order chi connectivity index (χ1) is 13.7. The fourth-order valence-electron chi connectivity index (χ4n) is 2.69. The summed E-state index contributed by atoms with van der Waals surface area (Å²) in [7, 11) is 2.86. The zero-order valence-corrected chi connectivity index (χ0v) is 16.9. The average Bonchev–Trinajstić information content (AvgIpc) is 2.66. The molecule has 0 unspecified atom stereocenters. The highest BCUT2D eigenvalue weighted by atomic mass is 16.7. The quantitative estimate of drug-likeness (QED) is 0.525. The first-order valence-corrected chi connectivity index (χ1v) is 8.88. The SMILES string of the molecule is COc1cc(-c2nc3ccccc3c(=O)[nH]2)cc(OC)c1OC(=O)OC(C)(C)C. The first-order valence-electron chi connectivity index (χ1n) is 8.88. The van der Waals surface area contributed by atoms with E-state index in [1.54, 1.807) is 57.2 Å². The second-order valence-corrected chi connectivity index (χ2v) is 7.21. The lowest BCUT2D eigenvalue weighted by atomic mass is 10.1. The summed E-state index contributed by atoms with van der Waals surface area (Å²) in [6, 6.07) is 10.2. The van der Waals surface area contributed by atoms with Crippen LogP contribution < -0.4 is 19.8 Å². The standard InChI is InChI=1S/C21H22N2O6/c1-21(2,3)29-20(25)28-17-15(26-4)10-12(11-16(17)27-5)18-22-14-9-7-6-8-13(14)19(24)23-18/h6-11H,1-5H3,(H,22,23,24). The lowest BCUT2D eigenvalue weighted by Crippen LogP contribution is -2.26. The van der Waals surface area contributed by atoms with Gasteiger partial charge in [-0.05, 0) is 45.0 Å². The second kappa shape index (κ2) is 7.83. The fraction of sp³-hybridized carbons (Fsp3) is 0.286. The van der Waals surface area contributed by atoms with Crippen LogP contribution in [0.25, 0.3) is 22.3 Å². The van der Waals surface area contributed by atoms with Crippen molar-refractivity contribution < 1.29 is 23.7 Å². The zero-order chi connectivity index (χ0) is 21.2. The van der Waals surface area contributed by atoms with Gasteiger partial charge in [-0.25, -0.2) is 9.78 Å². The molecule has 1 N–H and O–H groups in total. The Labute approximate surface area is 167 Å². The molecule has 8 heteroatoms. The molecule has 3 aromatic rings. The van der Waals surface area contributed by atoms with Crippen molar-refractivity contribution in [2.24, 2.45) is 0 Å². The van der Waals surface area contributed by atoms with Crippen LogP contribution in [0.15, 0.2) is 41.2 Å². The number of rotatable bonds is 4. The molecule has 2 aromatic carbocycles. The van der Waals surface area contributed by atoms with Gasteiger partial charge in [0.25, 0.3) is 5.56 Å². The minimum absolute atomic E-state index is 0.0659. The lowest BCUT2D eigenvalue weighted by Gasteiger charge is -2.20. The van der Waals surface area contributed by atoms with Crippen molar-refractivity contribution in [1.29, 1.82) is 0 Å². The van der Waals surface area contributed by atoms with Crippen molar-refractivity contribution in [1.82, 2.24) is 9.97 Å². The molecule has 0 aliphatic carbocycles. The van der Waals surface area contributed by atoms with Gasteiger partial charge in [0.1, 0.15) is 11.4 Å². The van der Waals surface area contributed by atoms with Crippen molar-refractivity contribution >= 4 is 17.1 Å². The Kier molecular flexibility index (Phi) is 5.45. The Bertz CT molecular complexity index is 1090. The number of H-pyrrole nitrogens is 1. The van der Waals surface area contributed by atoms with Gasteiger partial charge in [0, 0.05) is 5.56 Å². The third-order valence-electron chi connectivity index (χ3n) is 3.92. The van der Waals surface area contributed by atoms with Crippen LogP contribution in [0, 0.1) is 0 Å². The van der Waals surface area contributed by atoms with Crippen LogP contribution >= 0.6 is 0 Å². The predicted octanol–water partition coefficient (Wildman–Crippen LogP) is 3.92. The molecule has 3 rings (SSSR count). The zero-order valence-electron chi connectivity index (χ0n) is 16.9. The number of carbonyl (C=O) groups is 1. The highest BCUT2D eigenvalue weighted by Crippen LogP contribution is 2.41. The number of ether oxygens (including phenoxy) is 4. The predicted molar refractivity (Wildman–Crippen MR) is 108 cm³/mol. The van der Waals surface area contributed by atoms with E-state index in [4.69, 9.17) is 18.9 Å². The molecule has 0 saturated carbocycles. The van der Waals surface area contributed by atoms with Gasteiger partial charge in [-0.2, -0.15) is 0 Å². The molecule has 0 atom stereocenters. The largest absolute Gasteiger partial charge is 0.514 e. The highest BCUT2D eigenvalue weighted by molar-refractivity contribution is 5.80. The van der Waals surface area contributed by atoms with E-state index in [1.165, 1.54) is 14.2 Å². The number of aromatic amines is 1. The minimum atomic E-state index is -0.890. The molecule has 0 radical (unpaired) electrons. The Hall–Kier alpha value is -3.55. The van der Waals surface area contributed by atoms with Crippen molar-refractivity contribution in [3.05, 3.63) is 46.8 Å². The number of para-hydroxylation sites is 1. The molecular formula is C21H22N2O6. The Morgan fingerprint density at radius 1 is 1.03 bits per heavy atom. The summed E-state index contributed by atoms with van der Waals surface area (Å²) in [5.41, 5.74) is 0.0976. The van der Waals surface area contributed by atoms with E-state index < -0.39 is 11.8 Å². The van der Waals surface area contributed by atoms with Gasteiger partial charge < -0.3 is 23.9 Å². The van der Waals surface area contributed by atoms with Crippen molar-refractivity contribution in [3.63, 3.8) is 0 Å².